The van der Waals surface area contributed by atoms with Crippen LogP contribution in [0.25, 0.3) is 0 Å². The Kier molecular flexibility index (Phi) is 6.26. The molecule has 5 rings (SSSR count). The lowest BCUT2D eigenvalue weighted by atomic mass is 9.99. The Morgan fingerprint density at radius 1 is 1.15 bits per heavy atom. The summed E-state index contributed by atoms with van der Waals surface area (Å²) in [6.45, 7) is 5.15. The van der Waals surface area contributed by atoms with Crippen LogP contribution in [-0.4, -0.2) is 40.4 Å². The van der Waals surface area contributed by atoms with Gasteiger partial charge in [-0.05, 0) is 54.5 Å². The molecule has 0 atom stereocenters. The molecular weight excluding hydrogens is 439 g/mol. The molecule has 0 unspecified atom stereocenters. The third kappa shape index (κ3) is 5.00. The predicted octanol–water partition coefficient (Wildman–Crippen LogP) is 4.83. The van der Waals surface area contributed by atoms with Crippen LogP contribution in [0.3, 0.4) is 0 Å². The minimum atomic E-state index is -0.319. The van der Waals surface area contributed by atoms with Gasteiger partial charge in [-0.1, -0.05) is 13.0 Å². The van der Waals surface area contributed by atoms with Crippen molar-refractivity contribution in [3.8, 4) is 11.6 Å². The van der Waals surface area contributed by atoms with E-state index in [1.54, 1.807) is 23.5 Å². The molecule has 3 aromatic rings. The lowest BCUT2D eigenvalue weighted by Gasteiger charge is -2.33. The monoisotopic (exact) mass is 466 g/mol. The van der Waals surface area contributed by atoms with Gasteiger partial charge in [0.25, 0.3) is 0 Å². The molecule has 8 heteroatoms. The van der Waals surface area contributed by atoms with Gasteiger partial charge in [0.1, 0.15) is 11.6 Å². The summed E-state index contributed by atoms with van der Waals surface area (Å²) in [6, 6.07) is 9.87. The molecule has 2 aliphatic rings. The van der Waals surface area contributed by atoms with Gasteiger partial charge in [-0.15, -0.1) is 11.3 Å². The molecule has 1 fully saturated rings. The Morgan fingerprint density at radius 2 is 1.94 bits per heavy atom. The highest BCUT2D eigenvalue weighted by Gasteiger charge is 2.28. The summed E-state index contributed by atoms with van der Waals surface area (Å²) >= 11 is 1.59. The largest absolute Gasteiger partial charge is 0.438 e. The lowest BCUT2D eigenvalue weighted by Crippen LogP contribution is -2.38. The molecule has 1 aromatic carbocycles. The number of aromatic nitrogens is 2. The van der Waals surface area contributed by atoms with E-state index in [-0.39, 0.29) is 11.7 Å². The fraction of sp³-hybridized carbons (Fsp3) is 0.400. The van der Waals surface area contributed by atoms with E-state index in [1.165, 1.54) is 12.1 Å². The molecule has 1 amide bonds. The maximum atomic E-state index is 13.4. The average molecular weight is 467 g/mol. The van der Waals surface area contributed by atoms with E-state index in [0.29, 0.717) is 49.4 Å². The van der Waals surface area contributed by atoms with Crippen LogP contribution in [0, 0.1) is 11.7 Å². The van der Waals surface area contributed by atoms with Crippen molar-refractivity contribution in [2.24, 2.45) is 5.92 Å². The second-order valence-corrected chi connectivity index (χ2v) is 9.83. The molecule has 0 spiro atoms. The quantitative estimate of drug-likeness (QED) is 0.539. The zero-order chi connectivity index (χ0) is 22.8. The number of carbonyl (C=O) groups excluding carboxylic acids is 1. The maximum absolute atomic E-state index is 13.4. The second kappa shape index (κ2) is 9.47. The van der Waals surface area contributed by atoms with Gasteiger partial charge in [0, 0.05) is 30.9 Å². The topological polar surface area (TPSA) is 58.6 Å². The summed E-state index contributed by atoms with van der Waals surface area (Å²) < 4.78 is 19.5. The molecule has 2 aromatic heterocycles. The number of piperidine rings is 1. The third-order valence-corrected chi connectivity index (χ3v) is 7.24. The third-order valence-electron chi connectivity index (χ3n) is 6.36. The van der Waals surface area contributed by atoms with Gasteiger partial charge in [-0.25, -0.2) is 9.37 Å². The van der Waals surface area contributed by atoms with Crippen LogP contribution in [-0.2, 0) is 24.2 Å². The Balaban J connectivity index is 1.43. The highest BCUT2D eigenvalue weighted by Crippen LogP contribution is 2.33. The second-order valence-electron chi connectivity index (χ2n) is 8.80. The number of halogens is 1. The number of thiophene rings is 1. The molecule has 1 saturated heterocycles. The minimum absolute atomic E-state index is 0.0879. The summed E-state index contributed by atoms with van der Waals surface area (Å²) in [5.74, 6) is 2.12. The van der Waals surface area contributed by atoms with E-state index in [1.807, 2.05) is 22.4 Å². The van der Waals surface area contributed by atoms with Crippen molar-refractivity contribution >= 4 is 23.2 Å². The highest BCUT2D eigenvalue weighted by molar-refractivity contribution is 7.10. The number of carbonyl (C=O) groups is 1. The maximum Gasteiger partial charge on any atom is 0.229 e. The van der Waals surface area contributed by atoms with Crippen molar-refractivity contribution in [3.63, 3.8) is 0 Å². The van der Waals surface area contributed by atoms with Gasteiger partial charge in [-0.3, -0.25) is 4.79 Å². The van der Waals surface area contributed by atoms with Crippen molar-refractivity contribution in [2.75, 3.05) is 24.5 Å². The summed E-state index contributed by atoms with van der Waals surface area (Å²) in [5, 5.41) is 1.99. The zero-order valence-electron chi connectivity index (χ0n) is 18.7. The lowest BCUT2D eigenvalue weighted by molar-refractivity contribution is -0.131. The first-order valence-corrected chi connectivity index (χ1v) is 12.3. The van der Waals surface area contributed by atoms with Crippen molar-refractivity contribution in [1.29, 1.82) is 0 Å². The van der Waals surface area contributed by atoms with Crippen LogP contribution in [0.5, 0.6) is 11.6 Å². The first-order chi connectivity index (χ1) is 16.0. The first kappa shape index (κ1) is 21.8. The van der Waals surface area contributed by atoms with Gasteiger partial charge in [0.05, 0.1) is 24.2 Å². The number of ether oxygens (including phenoxy) is 1. The smallest absolute Gasteiger partial charge is 0.229 e. The molecule has 0 N–H and O–H groups in total. The van der Waals surface area contributed by atoms with Crippen molar-refractivity contribution in [1.82, 2.24) is 14.9 Å². The van der Waals surface area contributed by atoms with Crippen LogP contribution in [0.2, 0.25) is 0 Å². The predicted molar refractivity (Wildman–Crippen MR) is 126 cm³/mol. The van der Waals surface area contributed by atoms with E-state index in [4.69, 9.17) is 14.7 Å². The number of benzene rings is 1. The number of fused-ring (bicyclic) bond motifs is 1. The molecule has 4 heterocycles. The van der Waals surface area contributed by atoms with Crippen LogP contribution in [0.4, 0.5) is 10.3 Å². The van der Waals surface area contributed by atoms with Gasteiger partial charge in [0.2, 0.25) is 17.7 Å². The van der Waals surface area contributed by atoms with E-state index in [9.17, 15) is 9.18 Å². The molecule has 2 aliphatic heterocycles. The molecule has 6 nitrogen and oxygen atoms in total. The Labute approximate surface area is 197 Å². The van der Waals surface area contributed by atoms with Crippen molar-refractivity contribution < 1.29 is 13.9 Å². The number of nitrogens with zero attached hydrogens (tertiary/aromatic N) is 4. The number of rotatable bonds is 5. The van der Waals surface area contributed by atoms with Crippen molar-refractivity contribution in [3.05, 3.63) is 63.7 Å². The summed E-state index contributed by atoms with van der Waals surface area (Å²) in [4.78, 5) is 27.7. The number of hydrogen-bond donors (Lipinski definition) is 0. The van der Waals surface area contributed by atoms with E-state index >= 15 is 0 Å². The summed E-state index contributed by atoms with van der Waals surface area (Å²) in [5.41, 5.74) is 1.76. The van der Waals surface area contributed by atoms with Crippen LogP contribution < -0.4 is 9.64 Å². The minimum Gasteiger partial charge on any atom is -0.438 e. The van der Waals surface area contributed by atoms with E-state index in [0.717, 1.165) is 42.1 Å². The van der Waals surface area contributed by atoms with Gasteiger partial charge in [0.15, 0.2) is 0 Å². The van der Waals surface area contributed by atoms with E-state index < -0.39 is 0 Å². The molecule has 0 radical (unpaired) electrons. The summed E-state index contributed by atoms with van der Waals surface area (Å²) in [7, 11) is 0. The SMILES string of the molecule is CC1CCN(c2nc3c(c(Oc4ccc(F)cc4)n2)CN(C(=O)Cc2cccs2)CC3)CC1. The Bertz CT molecular complexity index is 1110. The first-order valence-electron chi connectivity index (χ1n) is 11.4. The highest BCUT2D eigenvalue weighted by atomic mass is 32.1. The zero-order valence-corrected chi connectivity index (χ0v) is 19.5. The molecule has 172 valence electrons. The standard InChI is InChI=1S/C25H27FN4O2S/c1-17-8-11-29(12-9-17)25-27-22-10-13-30(23(31)15-20-3-2-14-33-20)16-21(22)24(28-25)32-19-6-4-18(26)5-7-19/h2-7,14,17H,8-13,15-16H2,1H3. The molecular formula is C25H27FN4O2S. The number of hydrogen-bond acceptors (Lipinski definition) is 6. The fourth-order valence-electron chi connectivity index (χ4n) is 4.31. The summed E-state index contributed by atoms with van der Waals surface area (Å²) in [6.07, 6.45) is 3.27. The average Bonchev–Trinajstić information content (AvgIpc) is 3.33. The number of amides is 1. The Morgan fingerprint density at radius 3 is 2.67 bits per heavy atom. The number of anilines is 1. The Hall–Kier alpha value is -3.00. The molecule has 0 aliphatic carbocycles. The van der Waals surface area contributed by atoms with Crippen LogP contribution in [0.1, 0.15) is 35.9 Å². The van der Waals surface area contributed by atoms with Crippen LogP contribution in [0.15, 0.2) is 41.8 Å². The van der Waals surface area contributed by atoms with Gasteiger partial charge in [-0.2, -0.15) is 4.98 Å². The van der Waals surface area contributed by atoms with Gasteiger partial charge >= 0.3 is 0 Å². The van der Waals surface area contributed by atoms with E-state index in [2.05, 4.69) is 11.8 Å². The van der Waals surface area contributed by atoms with Crippen LogP contribution >= 0.6 is 11.3 Å². The fourth-order valence-corrected chi connectivity index (χ4v) is 5.00. The molecule has 0 bridgehead atoms. The normalized spacial score (nSPS) is 16.5. The van der Waals surface area contributed by atoms with Crippen molar-refractivity contribution in [2.45, 2.75) is 39.2 Å². The molecule has 33 heavy (non-hydrogen) atoms. The van der Waals surface area contributed by atoms with Gasteiger partial charge < -0.3 is 14.5 Å². The molecule has 0 saturated carbocycles.